The van der Waals surface area contributed by atoms with Crippen LogP contribution in [0.25, 0.3) is 0 Å². The Morgan fingerprint density at radius 3 is 2.67 bits per heavy atom. The fourth-order valence-corrected chi connectivity index (χ4v) is 3.62. The van der Waals surface area contributed by atoms with E-state index in [0.29, 0.717) is 5.91 Å². The van der Waals surface area contributed by atoms with Crippen molar-refractivity contribution in [3.05, 3.63) is 35.4 Å². The van der Waals surface area contributed by atoms with E-state index in [0.717, 1.165) is 45.6 Å². The van der Waals surface area contributed by atoms with Crippen molar-refractivity contribution in [2.45, 2.75) is 39.2 Å². The van der Waals surface area contributed by atoms with Crippen LogP contribution in [0.1, 0.15) is 36.8 Å². The maximum atomic E-state index is 12.6. The topological polar surface area (TPSA) is 23.6 Å². The number of carbonyl (C=O) groups is 1. The number of hydrogen-bond acceptors (Lipinski definition) is 2. The zero-order valence-electron chi connectivity index (χ0n) is 13.1. The molecule has 3 rings (SSSR count). The Morgan fingerprint density at radius 1 is 1.14 bits per heavy atom. The number of carbonyl (C=O) groups excluding carboxylic acids is 1. The third-order valence-electron chi connectivity index (χ3n) is 4.93. The van der Waals surface area contributed by atoms with Crippen LogP contribution >= 0.6 is 0 Å². The van der Waals surface area contributed by atoms with E-state index in [4.69, 9.17) is 0 Å². The van der Waals surface area contributed by atoms with Crippen molar-refractivity contribution < 1.29 is 4.79 Å². The van der Waals surface area contributed by atoms with Crippen LogP contribution in [0.5, 0.6) is 0 Å². The van der Waals surface area contributed by atoms with Gasteiger partial charge in [-0.1, -0.05) is 24.3 Å². The number of aryl methyl sites for hydroxylation is 1. The van der Waals surface area contributed by atoms with Crippen molar-refractivity contribution in [3.8, 4) is 0 Å². The second-order valence-electron chi connectivity index (χ2n) is 6.53. The van der Waals surface area contributed by atoms with Gasteiger partial charge in [-0.2, -0.15) is 0 Å². The molecular formula is C18H26N2O. The number of piperidine rings is 1. The predicted molar refractivity (Wildman–Crippen MR) is 85.0 cm³/mol. The lowest BCUT2D eigenvalue weighted by atomic mass is 9.95. The zero-order valence-corrected chi connectivity index (χ0v) is 13.1. The maximum absolute atomic E-state index is 12.6. The first-order chi connectivity index (χ1) is 10.2. The highest BCUT2D eigenvalue weighted by Crippen LogP contribution is 2.23. The Labute approximate surface area is 127 Å². The fraction of sp³-hybridized carbons (Fsp3) is 0.611. The molecule has 114 valence electrons. The smallest absolute Gasteiger partial charge is 0.226 e. The van der Waals surface area contributed by atoms with Gasteiger partial charge >= 0.3 is 0 Å². The molecule has 0 radical (unpaired) electrons. The quantitative estimate of drug-likeness (QED) is 0.853. The SMILES string of the molecule is Cc1ccccc1CN1CCCC(C(=O)N2CCCC2)C1. The predicted octanol–water partition coefficient (Wildman–Crippen LogP) is 2.83. The van der Waals surface area contributed by atoms with Gasteiger partial charge in [0.1, 0.15) is 0 Å². The van der Waals surface area contributed by atoms with Crippen LogP contribution in [0.15, 0.2) is 24.3 Å². The van der Waals surface area contributed by atoms with Crippen LogP contribution in [-0.4, -0.2) is 41.9 Å². The summed E-state index contributed by atoms with van der Waals surface area (Å²) in [5.41, 5.74) is 2.75. The lowest BCUT2D eigenvalue weighted by Gasteiger charge is -2.34. The van der Waals surface area contributed by atoms with E-state index in [-0.39, 0.29) is 5.92 Å². The summed E-state index contributed by atoms with van der Waals surface area (Å²) < 4.78 is 0. The Balaban J connectivity index is 1.60. The van der Waals surface area contributed by atoms with E-state index in [2.05, 4.69) is 41.0 Å². The average Bonchev–Trinajstić information content (AvgIpc) is 3.03. The molecule has 2 fully saturated rings. The number of rotatable bonds is 3. The second kappa shape index (κ2) is 6.61. The summed E-state index contributed by atoms with van der Waals surface area (Å²) in [4.78, 5) is 17.1. The number of nitrogens with zero attached hydrogens (tertiary/aromatic N) is 2. The highest BCUT2D eigenvalue weighted by Gasteiger charge is 2.30. The molecule has 1 atom stereocenters. The van der Waals surface area contributed by atoms with Crippen molar-refractivity contribution in [2.24, 2.45) is 5.92 Å². The van der Waals surface area contributed by atoms with Gasteiger partial charge in [0.05, 0.1) is 5.92 Å². The normalized spacial score (nSPS) is 23.5. The molecule has 1 unspecified atom stereocenters. The first kappa shape index (κ1) is 14.6. The Morgan fingerprint density at radius 2 is 1.90 bits per heavy atom. The summed E-state index contributed by atoms with van der Waals surface area (Å²) in [6.45, 7) is 7.17. The number of likely N-dealkylation sites (tertiary alicyclic amines) is 2. The molecule has 1 amide bonds. The molecule has 0 saturated carbocycles. The lowest BCUT2D eigenvalue weighted by molar-refractivity contribution is -0.136. The lowest BCUT2D eigenvalue weighted by Crippen LogP contribution is -2.43. The van der Waals surface area contributed by atoms with Crippen molar-refractivity contribution in [1.29, 1.82) is 0 Å². The third-order valence-corrected chi connectivity index (χ3v) is 4.93. The van der Waals surface area contributed by atoms with Gasteiger partial charge in [0.15, 0.2) is 0 Å². The van der Waals surface area contributed by atoms with Gasteiger partial charge in [-0.05, 0) is 50.3 Å². The fourth-order valence-electron chi connectivity index (χ4n) is 3.62. The van der Waals surface area contributed by atoms with E-state index in [1.54, 1.807) is 0 Å². The first-order valence-electron chi connectivity index (χ1n) is 8.29. The summed E-state index contributed by atoms with van der Waals surface area (Å²) in [7, 11) is 0. The molecule has 0 spiro atoms. The number of hydrogen-bond donors (Lipinski definition) is 0. The molecule has 21 heavy (non-hydrogen) atoms. The van der Waals surface area contributed by atoms with Gasteiger partial charge in [0.25, 0.3) is 0 Å². The summed E-state index contributed by atoms with van der Waals surface area (Å²) in [5, 5.41) is 0. The first-order valence-corrected chi connectivity index (χ1v) is 8.29. The third kappa shape index (κ3) is 3.46. The minimum atomic E-state index is 0.223. The van der Waals surface area contributed by atoms with E-state index in [1.165, 1.54) is 24.0 Å². The molecule has 0 aromatic heterocycles. The Bertz CT molecular complexity index is 494. The molecule has 2 aliphatic rings. The molecule has 2 heterocycles. The van der Waals surface area contributed by atoms with Gasteiger partial charge in [0.2, 0.25) is 5.91 Å². The maximum Gasteiger partial charge on any atom is 0.226 e. The van der Waals surface area contributed by atoms with Gasteiger partial charge < -0.3 is 4.90 Å². The van der Waals surface area contributed by atoms with E-state index >= 15 is 0 Å². The molecule has 3 nitrogen and oxygen atoms in total. The van der Waals surface area contributed by atoms with Gasteiger partial charge in [-0.25, -0.2) is 0 Å². The standard InChI is InChI=1S/C18H26N2O/c1-15-7-2-3-8-16(15)13-19-10-6-9-17(14-19)18(21)20-11-4-5-12-20/h2-3,7-8,17H,4-6,9-14H2,1H3. The van der Waals surface area contributed by atoms with Crippen LogP contribution in [0.3, 0.4) is 0 Å². The van der Waals surface area contributed by atoms with Gasteiger partial charge in [-0.3, -0.25) is 9.69 Å². The van der Waals surface area contributed by atoms with E-state index < -0.39 is 0 Å². The summed E-state index contributed by atoms with van der Waals surface area (Å²) >= 11 is 0. The van der Waals surface area contributed by atoms with Crippen molar-refractivity contribution >= 4 is 5.91 Å². The molecule has 3 heteroatoms. The second-order valence-corrected chi connectivity index (χ2v) is 6.53. The van der Waals surface area contributed by atoms with Crippen LogP contribution in [-0.2, 0) is 11.3 Å². The van der Waals surface area contributed by atoms with Crippen LogP contribution in [0, 0.1) is 12.8 Å². The van der Waals surface area contributed by atoms with Crippen molar-refractivity contribution in [3.63, 3.8) is 0 Å². The molecule has 2 aliphatic heterocycles. The van der Waals surface area contributed by atoms with Crippen molar-refractivity contribution in [2.75, 3.05) is 26.2 Å². The molecule has 0 bridgehead atoms. The molecule has 1 aromatic carbocycles. The van der Waals surface area contributed by atoms with E-state index in [9.17, 15) is 4.79 Å². The Kier molecular flexibility index (Phi) is 4.59. The monoisotopic (exact) mass is 286 g/mol. The summed E-state index contributed by atoms with van der Waals surface area (Å²) in [6, 6.07) is 8.58. The molecule has 0 aliphatic carbocycles. The van der Waals surface area contributed by atoms with Crippen LogP contribution in [0.2, 0.25) is 0 Å². The molecule has 0 N–H and O–H groups in total. The summed E-state index contributed by atoms with van der Waals surface area (Å²) in [5.74, 6) is 0.628. The molecule has 2 saturated heterocycles. The van der Waals surface area contributed by atoms with Gasteiger partial charge in [0, 0.05) is 26.2 Å². The summed E-state index contributed by atoms with van der Waals surface area (Å²) in [6.07, 6.45) is 4.59. The number of benzene rings is 1. The average molecular weight is 286 g/mol. The van der Waals surface area contributed by atoms with Crippen LogP contribution < -0.4 is 0 Å². The highest BCUT2D eigenvalue weighted by atomic mass is 16.2. The Hall–Kier alpha value is -1.35. The van der Waals surface area contributed by atoms with E-state index in [1.807, 2.05) is 0 Å². The minimum Gasteiger partial charge on any atom is -0.342 e. The number of amides is 1. The highest BCUT2D eigenvalue weighted by molar-refractivity contribution is 5.79. The minimum absolute atomic E-state index is 0.223. The largest absolute Gasteiger partial charge is 0.342 e. The molecule has 1 aromatic rings. The van der Waals surface area contributed by atoms with Crippen LogP contribution in [0.4, 0.5) is 0 Å². The molecular weight excluding hydrogens is 260 g/mol. The zero-order chi connectivity index (χ0) is 14.7. The van der Waals surface area contributed by atoms with Gasteiger partial charge in [-0.15, -0.1) is 0 Å². The van der Waals surface area contributed by atoms with Crippen molar-refractivity contribution in [1.82, 2.24) is 9.80 Å².